The Balaban J connectivity index is 1.77. The summed E-state index contributed by atoms with van der Waals surface area (Å²) in [5.74, 6) is 1.48. The van der Waals surface area contributed by atoms with E-state index in [9.17, 15) is 0 Å². The molecule has 0 saturated carbocycles. The molecular weight excluding hydrogens is 390 g/mol. The lowest BCUT2D eigenvalue weighted by atomic mass is 10.1. The van der Waals surface area contributed by atoms with Crippen molar-refractivity contribution in [1.29, 1.82) is 0 Å². The average Bonchev–Trinajstić information content (AvgIpc) is 3.47. The Kier molecular flexibility index (Phi) is 5.39. The maximum atomic E-state index is 5.61. The molecule has 0 amide bonds. The summed E-state index contributed by atoms with van der Waals surface area (Å²) in [7, 11) is 3.04. The number of methoxy groups -OCH3 is 2. The Labute approximate surface area is 171 Å². The van der Waals surface area contributed by atoms with E-state index in [0.717, 1.165) is 0 Å². The van der Waals surface area contributed by atoms with Crippen LogP contribution in [-0.2, 0) is 0 Å². The highest BCUT2D eigenvalue weighted by Gasteiger charge is 2.18. The van der Waals surface area contributed by atoms with E-state index in [0.29, 0.717) is 34.5 Å². The number of aromatic nitrogens is 4. The van der Waals surface area contributed by atoms with Crippen molar-refractivity contribution in [3.8, 4) is 34.6 Å². The molecule has 9 heteroatoms. The van der Waals surface area contributed by atoms with E-state index in [1.165, 1.54) is 19.1 Å². The summed E-state index contributed by atoms with van der Waals surface area (Å²) in [6, 6.07) is 9.71. The van der Waals surface area contributed by atoms with Gasteiger partial charge in [0.1, 0.15) is 5.69 Å². The number of hydrogen-bond acceptors (Lipinski definition) is 9. The van der Waals surface area contributed by atoms with Gasteiger partial charge in [0.05, 0.1) is 32.2 Å². The second-order valence-electron chi connectivity index (χ2n) is 6.10. The molecule has 148 valence electrons. The summed E-state index contributed by atoms with van der Waals surface area (Å²) < 4.78 is 16.1. The second-order valence-corrected chi connectivity index (χ2v) is 7.08. The van der Waals surface area contributed by atoms with E-state index in [-0.39, 0.29) is 12.1 Å². The van der Waals surface area contributed by atoms with Crippen LogP contribution in [0.1, 0.15) is 17.8 Å². The number of hydrogen-bond donors (Lipinski definition) is 1. The molecule has 4 aromatic rings. The number of nitrogens with zero attached hydrogens (tertiary/aromatic N) is 4. The Morgan fingerprint density at radius 1 is 1.10 bits per heavy atom. The molecule has 1 unspecified atom stereocenters. The zero-order chi connectivity index (χ0) is 20.2. The Hall–Kier alpha value is -3.46. The van der Waals surface area contributed by atoms with Gasteiger partial charge in [0, 0.05) is 22.7 Å². The van der Waals surface area contributed by atoms with Crippen molar-refractivity contribution in [2.45, 2.75) is 13.0 Å². The highest BCUT2D eigenvalue weighted by atomic mass is 32.1. The second kappa shape index (κ2) is 8.27. The molecule has 0 aliphatic carbocycles. The summed E-state index contributed by atoms with van der Waals surface area (Å²) in [5, 5.41) is 5.38. The maximum Gasteiger partial charge on any atom is 0.320 e. The predicted molar refractivity (Wildman–Crippen MR) is 110 cm³/mol. The van der Waals surface area contributed by atoms with Crippen molar-refractivity contribution in [3.05, 3.63) is 53.0 Å². The van der Waals surface area contributed by atoms with Crippen molar-refractivity contribution in [3.63, 3.8) is 0 Å². The Morgan fingerprint density at radius 2 is 2.00 bits per heavy atom. The zero-order valence-electron chi connectivity index (χ0n) is 16.1. The third-order valence-corrected chi connectivity index (χ3v) is 5.26. The molecule has 0 saturated heterocycles. The minimum Gasteiger partial charge on any atom is -0.481 e. The molecule has 0 aromatic carbocycles. The fourth-order valence-electron chi connectivity index (χ4n) is 2.78. The van der Waals surface area contributed by atoms with Gasteiger partial charge >= 0.3 is 6.01 Å². The standard InChI is InChI=1S/C20H19N5O3S/c1-12(16-7-5-9-29-16)22-19-21-11-13(18(25-19)15-6-4-8-28-15)14-10-17(26-2)24-20(23-14)27-3/h4-12H,1-3H3,(H,21,22,25). The minimum atomic E-state index is 0.0736. The fourth-order valence-corrected chi connectivity index (χ4v) is 3.51. The molecule has 0 radical (unpaired) electrons. The highest BCUT2D eigenvalue weighted by Crippen LogP contribution is 2.33. The molecule has 0 bridgehead atoms. The maximum absolute atomic E-state index is 5.61. The van der Waals surface area contributed by atoms with Crippen LogP contribution in [0, 0.1) is 0 Å². The van der Waals surface area contributed by atoms with Gasteiger partial charge in [0.15, 0.2) is 5.76 Å². The lowest BCUT2D eigenvalue weighted by Gasteiger charge is -2.14. The van der Waals surface area contributed by atoms with Crippen LogP contribution in [0.15, 0.2) is 52.6 Å². The van der Waals surface area contributed by atoms with Gasteiger partial charge in [-0.1, -0.05) is 6.07 Å². The van der Waals surface area contributed by atoms with E-state index in [2.05, 4.69) is 33.3 Å². The van der Waals surface area contributed by atoms with Crippen LogP contribution in [0.5, 0.6) is 11.9 Å². The van der Waals surface area contributed by atoms with Crippen LogP contribution >= 0.6 is 11.3 Å². The third-order valence-electron chi connectivity index (χ3n) is 4.21. The average molecular weight is 409 g/mol. The van der Waals surface area contributed by atoms with Crippen LogP contribution in [0.3, 0.4) is 0 Å². The first kappa shape index (κ1) is 18.9. The van der Waals surface area contributed by atoms with Gasteiger partial charge in [-0.25, -0.2) is 9.97 Å². The van der Waals surface area contributed by atoms with Crippen molar-refractivity contribution in [2.75, 3.05) is 19.5 Å². The lowest BCUT2D eigenvalue weighted by molar-refractivity contribution is 0.352. The molecule has 4 aromatic heterocycles. The summed E-state index contributed by atoms with van der Waals surface area (Å²) >= 11 is 1.68. The fraction of sp³-hybridized carbons (Fsp3) is 0.200. The van der Waals surface area contributed by atoms with E-state index in [4.69, 9.17) is 18.9 Å². The minimum absolute atomic E-state index is 0.0736. The normalized spacial score (nSPS) is 11.8. The Morgan fingerprint density at radius 3 is 2.69 bits per heavy atom. The summed E-state index contributed by atoms with van der Waals surface area (Å²) in [5.41, 5.74) is 1.85. The largest absolute Gasteiger partial charge is 0.481 e. The first-order chi connectivity index (χ1) is 14.2. The topological polar surface area (TPSA) is 95.2 Å². The van der Waals surface area contributed by atoms with Gasteiger partial charge in [-0.2, -0.15) is 9.97 Å². The van der Waals surface area contributed by atoms with Crippen molar-refractivity contribution in [1.82, 2.24) is 19.9 Å². The van der Waals surface area contributed by atoms with Gasteiger partial charge in [-0.3, -0.25) is 0 Å². The molecule has 1 N–H and O–H groups in total. The van der Waals surface area contributed by atoms with Gasteiger partial charge in [0.25, 0.3) is 0 Å². The molecule has 0 aliphatic rings. The number of nitrogens with one attached hydrogen (secondary N) is 1. The molecule has 4 rings (SSSR count). The monoisotopic (exact) mass is 409 g/mol. The summed E-state index contributed by atoms with van der Waals surface area (Å²) in [6.45, 7) is 2.07. The third kappa shape index (κ3) is 4.04. The molecule has 4 heterocycles. The molecule has 29 heavy (non-hydrogen) atoms. The highest BCUT2D eigenvalue weighted by molar-refractivity contribution is 7.10. The number of furan rings is 1. The number of ether oxygens (including phenoxy) is 2. The summed E-state index contributed by atoms with van der Waals surface area (Å²) in [4.78, 5) is 18.9. The van der Waals surface area contributed by atoms with Crippen LogP contribution in [0.4, 0.5) is 5.95 Å². The van der Waals surface area contributed by atoms with E-state index in [1.807, 2.05) is 23.6 Å². The SMILES string of the molecule is COc1cc(-c2cnc(NC(C)c3cccs3)nc2-c2ccco2)nc(OC)n1. The zero-order valence-corrected chi connectivity index (χ0v) is 16.9. The molecule has 0 aliphatic heterocycles. The van der Waals surface area contributed by atoms with Crippen LogP contribution in [0.2, 0.25) is 0 Å². The van der Waals surface area contributed by atoms with Crippen LogP contribution < -0.4 is 14.8 Å². The van der Waals surface area contributed by atoms with Gasteiger partial charge in [0.2, 0.25) is 11.8 Å². The van der Waals surface area contributed by atoms with E-state index >= 15 is 0 Å². The number of rotatable bonds is 7. The Bertz CT molecular complexity index is 1060. The first-order valence-electron chi connectivity index (χ1n) is 8.86. The predicted octanol–water partition coefficient (Wildman–Crippen LogP) is 4.45. The number of thiophene rings is 1. The number of anilines is 1. The van der Waals surface area contributed by atoms with Crippen molar-refractivity contribution in [2.24, 2.45) is 0 Å². The lowest BCUT2D eigenvalue weighted by Crippen LogP contribution is -2.09. The quantitative estimate of drug-likeness (QED) is 0.478. The molecule has 1 atom stereocenters. The first-order valence-corrected chi connectivity index (χ1v) is 9.74. The molecule has 0 spiro atoms. The van der Waals surface area contributed by atoms with Crippen LogP contribution in [0.25, 0.3) is 22.7 Å². The molecular formula is C20H19N5O3S. The summed E-state index contributed by atoms with van der Waals surface area (Å²) in [6.07, 6.45) is 3.30. The van der Waals surface area contributed by atoms with Gasteiger partial charge < -0.3 is 19.2 Å². The van der Waals surface area contributed by atoms with Crippen molar-refractivity contribution >= 4 is 17.3 Å². The smallest absolute Gasteiger partial charge is 0.320 e. The van der Waals surface area contributed by atoms with Crippen LogP contribution in [-0.4, -0.2) is 34.2 Å². The van der Waals surface area contributed by atoms with E-state index in [1.54, 1.807) is 29.9 Å². The van der Waals surface area contributed by atoms with Gasteiger partial charge in [-0.05, 0) is 30.5 Å². The van der Waals surface area contributed by atoms with Gasteiger partial charge in [-0.15, -0.1) is 11.3 Å². The molecule has 8 nitrogen and oxygen atoms in total. The van der Waals surface area contributed by atoms with Crippen molar-refractivity contribution < 1.29 is 13.9 Å². The molecule has 0 fully saturated rings. The van der Waals surface area contributed by atoms with E-state index < -0.39 is 0 Å².